The van der Waals surface area contributed by atoms with Crippen molar-refractivity contribution in [3.8, 4) is 17.6 Å². The van der Waals surface area contributed by atoms with E-state index in [-0.39, 0.29) is 5.78 Å². The Balaban J connectivity index is 1.96. The number of anilines is 1. The molecule has 0 saturated carbocycles. The first-order valence-corrected chi connectivity index (χ1v) is 8.40. The third-order valence-electron chi connectivity index (χ3n) is 4.89. The molecule has 0 bridgehead atoms. The Hall–Kier alpha value is -3.27. The van der Waals surface area contributed by atoms with E-state index >= 15 is 0 Å². The molecule has 1 aliphatic heterocycles. The summed E-state index contributed by atoms with van der Waals surface area (Å²) >= 11 is 0. The molecule has 0 spiro atoms. The SMILES string of the molecule is COc1ccc(C2C3=C(CCCC3=O)Nc3c(C#N)cnn32)c(OC)c1. The molecule has 26 heavy (non-hydrogen) atoms. The van der Waals surface area contributed by atoms with E-state index in [0.29, 0.717) is 34.9 Å². The lowest BCUT2D eigenvalue weighted by molar-refractivity contribution is -0.116. The number of aromatic nitrogens is 2. The van der Waals surface area contributed by atoms with Gasteiger partial charge in [-0.15, -0.1) is 0 Å². The number of ketones is 1. The third kappa shape index (κ3) is 2.34. The number of carbonyl (C=O) groups is 1. The van der Waals surface area contributed by atoms with Gasteiger partial charge in [0.05, 0.1) is 20.4 Å². The Morgan fingerprint density at radius 3 is 2.88 bits per heavy atom. The maximum atomic E-state index is 12.8. The molecule has 4 rings (SSSR count). The molecule has 0 radical (unpaired) electrons. The molecular weight excluding hydrogens is 332 g/mol. The van der Waals surface area contributed by atoms with Crippen LogP contribution in [0, 0.1) is 11.3 Å². The standard InChI is InChI=1S/C19H18N4O3/c1-25-12-6-7-13(16(8-12)26-2)18-17-14(4-3-5-15(17)24)22-19-11(9-20)10-21-23(18)19/h6-8,10,18,22H,3-5H2,1-2H3. The first kappa shape index (κ1) is 16.2. The molecule has 7 nitrogen and oxygen atoms in total. The lowest BCUT2D eigenvalue weighted by Crippen LogP contribution is -2.31. The van der Waals surface area contributed by atoms with Crippen molar-refractivity contribution in [3.63, 3.8) is 0 Å². The Morgan fingerprint density at radius 2 is 2.15 bits per heavy atom. The quantitative estimate of drug-likeness (QED) is 0.915. The number of benzene rings is 1. The number of methoxy groups -OCH3 is 2. The minimum absolute atomic E-state index is 0.0984. The van der Waals surface area contributed by atoms with Crippen molar-refractivity contribution in [1.29, 1.82) is 5.26 Å². The average molecular weight is 350 g/mol. The van der Waals surface area contributed by atoms with Gasteiger partial charge in [-0.3, -0.25) is 4.79 Å². The van der Waals surface area contributed by atoms with Crippen LogP contribution in [0.25, 0.3) is 0 Å². The number of carbonyl (C=O) groups excluding carboxylic acids is 1. The number of nitriles is 1. The van der Waals surface area contributed by atoms with E-state index in [4.69, 9.17) is 9.47 Å². The predicted octanol–water partition coefficient (Wildman–Crippen LogP) is 2.79. The fourth-order valence-corrected chi connectivity index (χ4v) is 3.67. The Labute approximate surface area is 150 Å². The second-order valence-corrected chi connectivity index (χ2v) is 6.27. The minimum atomic E-state index is -0.433. The molecule has 2 heterocycles. The number of Topliss-reactive ketones (excluding diaryl/α,β-unsaturated/α-hetero) is 1. The van der Waals surface area contributed by atoms with Crippen molar-refractivity contribution in [2.75, 3.05) is 19.5 Å². The van der Waals surface area contributed by atoms with Crippen LogP contribution in [0.2, 0.25) is 0 Å². The minimum Gasteiger partial charge on any atom is -0.497 e. The van der Waals surface area contributed by atoms with Crippen LogP contribution in [0.1, 0.15) is 36.4 Å². The van der Waals surface area contributed by atoms with Gasteiger partial charge in [0.15, 0.2) is 5.78 Å². The molecule has 1 atom stereocenters. The average Bonchev–Trinajstić information content (AvgIpc) is 3.08. The Morgan fingerprint density at radius 1 is 1.31 bits per heavy atom. The second-order valence-electron chi connectivity index (χ2n) is 6.27. The van der Waals surface area contributed by atoms with Crippen molar-refractivity contribution >= 4 is 11.6 Å². The zero-order valence-electron chi connectivity index (χ0n) is 14.6. The Kier molecular flexibility index (Phi) is 3.88. The van der Waals surface area contributed by atoms with Crippen LogP contribution in [0.15, 0.2) is 35.7 Å². The van der Waals surface area contributed by atoms with E-state index in [1.807, 2.05) is 12.1 Å². The zero-order chi connectivity index (χ0) is 18.3. The van der Waals surface area contributed by atoms with Gasteiger partial charge in [0.2, 0.25) is 0 Å². The summed E-state index contributed by atoms with van der Waals surface area (Å²) in [5.41, 5.74) is 2.83. The van der Waals surface area contributed by atoms with E-state index < -0.39 is 6.04 Å². The molecule has 1 unspecified atom stereocenters. The molecule has 2 aromatic rings. The number of ether oxygens (including phenoxy) is 2. The predicted molar refractivity (Wildman–Crippen MR) is 94.1 cm³/mol. The van der Waals surface area contributed by atoms with Gasteiger partial charge in [0.1, 0.15) is 35.0 Å². The third-order valence-corrected chi connectivity index (χ3v) is 4.89. The maximum Gasteiger partial charge on any atom is 0.163 e. The van der Waals surface area contributed by atoms with Crippen molar-refractivity contribution < 1.29 is 14.3 Å². The van der Waals surface area contributed by atoms with E-state index in [1.54, 1.807) is 25.0 Å². The molecule has 1 N–H and O–H groups in total. The van der Waals surface area contributed by atoms with Crippen LogP contribution in [0.4, 0.5) is 5.82 Å². The highest BCUT2D eigenvalue weighted by Gasteiger charge is 2.38. The monoisotopic (exact) mass is 350 g/mol. The first-order chi connectivity index (χ1) is 12.7. The maximum absolute atomic E-state index is 12.8. The van der Waals surface area contributed by atoms with Crippen molar-refractivity contribution in [3.05, 3.63) is 46.8 Å². The fraction of sp³-hybridized carbons (Fsp3) is 0.316. The van der Waals surface area contributed by atoms with Gasteiger partial charge in [0, 0.05) is 29.3 Å². The normalized spacial score (nSPS) is 18.5. The smallest absolute Gasteiger partial charge is 0.163 e. The highest BCUT2D eigenvalue weighted by molar-refractivity contribution is 5.99. The van der Waals surface area contributed by atoms with Crippen LogP contribution in [-0.4, -0.2) is 29.8 Å². The van der Waals surface area contributed by atoms with Gasteiger partial charge in [-0.2, -0.15) is 10.4 Å². The van der Waals surface area contributed by atoms with Gasteiger partial charge < -0.3 is 14.8 Å². The summed E-state index contributed by atoms with van der Waals surface area (Å²) in [6.45, 7) is 0. The highest BCUT2D eigenvalue weighted by Crippen LogP contribution is 2.44. The van der Waals surface area contributed by atoms with Gasteiger partial charge >= 0.3 is 0 Å². The van der Waals surface area contributed by atoms with E-state index in [1.165, 1.54) is 6.20 Å². The molecule has 0 amide bonds. The lowest BCUT2D eigenvalue weighted by atomic mass is 9.85. The van der Waals surface area contributed by atoms with Crippen molar-refractivity contribution in [2.45, 2.75) is 25.3 Å². The van der Waals surface area contributed by atoms with E-state index in [2.05, 4.69) is 16.5 Å². The van der Waals surface area contributed by atoms with Crippen molar-refractivity contribution in [1.82, 2.24) is 9.78 Å². The summed E-state index contributed by atoms with van der Waals surface area (Å²) in [6, 6.07) is 7.24. The number of allylic oxidation sites excluding steroid dienone is 2. The van der Waals surface area contributed by atoms with Gasteiger partial charge in [-0.25, -0.2) is 4.68 Å². The van der Waals surface area contributed by atoms with Crippen molar-refractivity contribution in [2.24, 2.45) is 0 Å². The van der Waals surface area contributed by atoms with Crippen LogP contribution in [0.3, 0.4) is 0 Å². The van der Waals surface area contributed by atoms with Gasteiger partial charge in [-0.05, 0) is 25.0 Å². The molecule has 0 saturated heterocycles. The fourth-order valence-electron chi connectivity index (χ4n) is 3.67. The number of fused-ring (bicyclic) bond motifs is 1. The number of hydrogen-bond acceptors (Lipinski definition) is 6. The second kappa shape index (κ2) is 6.23. The molecule has 1 aromatic heterocycles. The highest BCUT2D eigenvalue weighted by atomic mass is 16.5. The first-order valence-electron chi connectivity index (χ1n) is 8.40. The van der Waals surface area contributed by atoms with E-state index in [0.717, 1.165) is 24.1 Å². The molecular formula is C19H18N4O3. The molecule has 7 heteroatoms. The summed E-state index contributed by atoms with van der Waals surface area (Å²) in [5.74, 6) is 1.99. The van der Waals surface area contributed by atoms with Gasteiger partial charge in [0.25, 0.3) is 0 Å². The number of nitrogens with zero attached hydrogens (tertiary/aromatic N) is 3. The number of hydrogen-bond donors (Lipinski definition) is 1. The van der Waals surface area contributed by atoms with Crippen LogP contribution in [0.5, 0.6) is 11.5 Å². The van der Waals surface area contributed by atoms with Crippen LogP contribution in [-0.2, 0) is 4.79 Å². The molecule has 0 fully saturated rings. The summed E-state index contributed by atoms with van der Waals surface area (Å²) in [4.78, 5) is 12.8. The van der Waals surface area contributed by atoms with Crippen LogP contribution < -0.4 is 14.8 Å². The topological polar surface area (TPSA) is 89.2 Å². The largest absolute Gasteiger partial charge is 0.497 e. The molecule has 1 aromatic carbocycles. The lowest BCUT2D eigenvalue weighted by Gasteiger charge is -2.33. The summed E-state index contributed by atoms with van der Waals surface area (Å²) in [5, 5.41) is 17.0. The summed E-state index contributed by atoms with van der Waals surface area (Å²) in [7, 11) is 3.18. The summed E-state index contributed by atoms with van der Waals surface area (Å²) in [6.07, 6.45) is 3.60. The van der Waals surface area contributed by atoms with E-state index in [9.17, 15) is 10.1 Å². The molecule has 1 aliphatic carbocycles. The van der Waals surface area contributed by atoms with Crippen LogP contribution >= 0.6 is 0 Å². The number of rotatable bonds is 3. The number of nitrogens with one attached hydrogen (secondary N) is 1. The summed E-state index contributed by atoms with van der Waals surface area (Å²) < 4.78 is 12.5. The molecule has 2 aliphatic rings. The zero-order valence-corrected chi connectivity index (χ0v) is 14.6. The molecule has 132 valence electrons. The Bertz CT molecular complexity index is 968. The van der Waals surface area contributed by atoms with Gasteiger partial charge in [-0.1, -0.05) is 0 Å².